The fourth-order valence-electron chi connectivity index (χ4n) is 1.78. The van der Waals surface area contributed by atoms with Crippen LogP contribution >= 0.6 is 38.9 Å². The Morgan fingerprint density at radius 3 is 2.82 bits per heavy atom. The Bertz CT molecular complexity index is 464. The van der Waals surface area contributed by atoms with Crippen molar-refractivity contribution in [3.05, 3.63) is 55.6 Å². The second-order valence-corrected chi connectivity index (χ2v) is 6.04. The van der Waals surface area contributed by atoms with Crippen molar-refractivity contribution < 1.29 is 0 Å². The van der Waals surface area contributed by atoms with Gasteiger partial charge in [0.05, 0.1) is 6.04 Å². The smallest absolute Gasteiger partial charge is 0.0671 e. The van der Waals surface area contributed by atoms with Gasteiger partial charge in [-0.05, 0) is 41.8 Å². The van der Waals surface area contributed by atoms with E-state index in [9.17, 15) is 0 Å². The van der Waals surface area contributed by atoms with E-state index in [-0.39, 0.29) is 6.04 Å². The molecular weight excluding hydrogens is 318 g/mol. The fraction of sp³-hybridized carbons (Fsp3) is 0.231. The minimum atomic E-state index is 0.218. The molecule has 4 heteroatoms. The Morgan fingerprint density at radius 2 is 2.24 bits per heavy atom. The van der Waals surface area contributed by atoms with Crippen molar-refractivity contribution in [2.24, 2.45) is 0 Å². The van der Waals surface area contributed by atoms with Crippen LogP contribution in [0.1, 0.15) is 23.4 Å². The first-order chi connectivity index (χ1) is 8.20. The van der Waals surface area contributed by atoms with Crippen molar-refractivity contribution in [3.8, 4) is 0 Å². The van der Waals surface area contributed by atoms with Crippen molar-refractivity contribution >= 4 is 38.9 Å². The molecule has 90 valence electrons. The monoisotopic (exact) mass is 329 g/mol. The number of rotatable bonds is 4. The topological polar surface area (TPSA) is 12.0 Å². The zero-order chi connectivity index (χ0) is 12.3. The largest absolute Gasteiger partial charge is 0.306 e. The zero-order valence-electron chi connectivity index (χ0n) is 9.41. The fourth-order valence-corrected chi connectivity index (χ4v) is 3.50. The van der Waals surface area contributed by atoms with Crippen molar-refractivity contribution in [3.63, 3.8) is 0 Å². The molecular formula is C13H13BrClNS. The van der Waals surface area contributed by atoms with Gasteiger partial charge in [0.1, 0.15) is 0 Å². The van der Waals surface area contributed by atoms with Gasteiger partial charge in [-0.15, -0.1) is 11.3 Å². The summed E-state index contributed by atoms with van der Waals surface area (Å²) >= 11 is 11.3. The van der Waals surface area contributed by atoms with Gasteiger partial charge in [-0.25, -0.2) is 0 Å². The van der Waals surface area contributed by atoms with Gasteiger partial charge in [-0.2, -0.15) is 0 Å². The predicted octanol–water partition coefficient (Wildman–Crippen LogP) is 4.86. The van der Waals surface area contributed by atoms with Gasteiger partial charge in [0.2, 0.25) is 0 Å². The van der Waals surface area contributed by atoms with E-state index < -0.39 is 0 Å². The standard InChI is InChI=1S/C13H13BrClNS/c1-2-16-13(12-4-3-5-17-12)9-6-10(14)8-11(15)7-9/h3-8,13,16H,2H2,1H3. The van der Waals surface area contributed by atoms with Crippen LogP contribution in [-0.2, 0) is 0 Å². The highest BCUT2D eigenvalue weighted by Crippen LogP contribution is 2.30. The molecule has 0 aliphatic carbocycles. The first-order valence-corrected chi connectivity index (χ1v) is 7.48. The zero-order valence-corrected chi connectivity index (χ0v) is 12.6. The molecule has 0 aliphatic rings. The highest BCUT2D eigenvalue weighted by Gasteiger charge is 2.14. The van der Waals surface area contributed by atoms with Gasteiger partial charge in [0.25, 0.3) is 0 Å². The molecule has 0 saturated heterocycles. The molecule has 17 heavy (non-hydrogen) atoms. The van der Waals surface area contributed by atoms with Crippen LogP contribution in [-0.4, -0.2) is 6.54 Å². The molecule has 0 amide bonds. The first-order valence-electron chi connectivity index (χ1n) is 5.43. The van der Waals surface area contributed by atoms with Crippen LogP contribution in [0, 0.1) is 0 Å². The van der Waals surface area contributed by atoms with Gasteiger partial charge in [0, 0.05) is 14.4 Å². The van der Waals surface area contributed by atoms with E-state index in [2.05, 4.69) is 51.7 Å². The maximum Gasteiger partial charge on any atom is 0.0671 e. The molecule has 1 unspecified atom stereocenters. The minimum Gasteiger partial charge on any atom is -0.306 e. The average Bonchev–Trinajstić information content (AvgIpc) is 2.77. The summed E-state index contributed by atoms with van der Waals surface area (Å²) in [7, 11) is 0. The third kappa shape index (κ3) is 3.32. The molecule has 0 bridgehead atoms. The van der Waals surface area contributed by atoms with Crippen molar-refractivity contribution in [2.45, 2.75) is 13.0 Å². The van der Waals surface area contributed by atoms with Crippen LogP contribution in [0.25, 0.3) is 0 Å². The summed E-state index contributed by atoms with van der Waals surface area (Å²) in [4.78, 5) is 1.31. The molecule has 1 N–H and O–H groups in total. The average molecular weight is 331 g/mol. The number of hydrogen-bond acceptors (Lipinski definition) is 2. The summed E-state index contributed by atoms with van der Waals surface area (Å²) in [5, 5.41) is 6.34. The quantitative estimate of drug-likeness (QED) is 0.844. The molecule has 0 saturated carbocycles. The SMILES string of the molecule is CCNC(c1cc(Cl)cc(Br)c1)c1cccs1. The first kappa shape index (κ1) is 13.1. The van der Waals surface area contributed by atoms with Crippen molar-refractivity contribution in [1.29, 1.82) is 0 Å². The summed E-state index contributed by atoms with van der Waals surface area (Å²) in [6, 6.07) is 10.5. The molecule has 1 atom stereocenters. The normalized spacial score (nSPS) is 12.6. The van der Waals surface area contributed by atoms with Crippen LogP contribution in [0.2, 0.25) is 5.02 Å². The Labute approximate surface area is 119 Å². The van der Waals surface area contributed by atoms with Crippen LogP contribution in [0.3, 0.4) is 0 Å². The second kappa shape index (κ2) is 6.01. The van der Waals surface area contributed by atoms with Gasteiger partial charge < -0.3 is 5.32 Å². The number of benzene rings is 1. The predicted molar refractivity (Wildman–Crippen MR) is 79.0 cm³/mol. The van der Waals surface area contributed by atoms with Crippen molar-refractivity contribution in [2.75, 3.05) is 6.54 Å². The summed E-state index contributed by atoms with van der Waals surface area (Å²) in [5.74, 6) is 0. The van der Waals surface area contributed by atoms with E-state index in [1.54, 1.807) is 11.3 Å². The lowest BCUT2D eigenvalue weighted by atomic mass is 10.1. The lowest BCUT2D eigenvalue weighted by Crippen LogP contribution is -2.21. The third-order valence-corrected chi connectivity index (χ3v) is 4.07. The second-order valence-electron chi connectivity index (χ2n) is 3.71. The summed E-state index contributed by atoms with van der Waals surface area (Å²) in [6.07, 6.45) is 0. The Hall–Kier alpha value is -0.350. The Kier molecular flexibility index (Phi) is 4.62. The molecule has 2 rings (SSSR count). The molecule has 1 aromatic heterocycles. The van der Waals surface area contributed by atoms with E-state index in [0.717, 1.165) is 16.0 Å². The maximum absolute atomic E-state index is 6.10. The number of hydrogen-bond donors (Lipinski definition) is 1. The summed E-state index contributed by atoms with van der Waals surface area (Å²) in [5.41, 5.74) is 1.19. The number of thiophene rings is 1. The van der Waals surface area contributed by atoms with Gasteiger partial charge >= 0.3 is 0 Å². The van der Waals surface area contributed by atoms with E-state index in [1.165, 1.54) is 10.4 Å². The molecule has 0 spiro atoms. The minimum absolute atomic E-state index is 0.218. The number of nitrogens with one attached hydrogen (secondary N) is 1. The highest BCUT2D eigenvalue weighted by molar-refractivity contribution is 9.10. The van der Waals surface area contributed by atoms with E-state index in [0.29, 0.717) is 0 Å². The van der Waals surface area contributed by atoms with Gasteiger partial charge in [0.15, 0.2) is 0 Å². The van der Waals surface area contributed by atoms with Crippen LogP contribution < -0.4 is 5.32 Å². The lowest BCUT2D eigenvalue weighted by molar-refractivity contribution is 0.639. The molecule has 0 fully saturated rings. The summed E-state index contributed by atoms with van der Waals surface area (Å²) < 4.78 is 1.01. The van der Waals surface area contributed by atoms with Crippen LogP contribution in [0.15, 0.2) is 40.2 Å². The molecule has 1 aromatic carbocycles. The van der Waals surface area contributed by atoms with E-state index in [4.69, 9.17) is 11.6 Å². The van der Waals surface area contributed by atoms with Crippen molar-refractivity contribution in [1.82, 2.24) is 5.32 Å². The summed E-state index contributed by atoms with van der Waals surface area (Å²) in [6.45, 7) is 3.03. The maximum atomic E-state index is 6.10. The molecule has 0 radical (unpaired) electrons. The molecule has 0 aliphatic heterocycles. The Balaban J connectivity index is 2.38. The Morgan fingerprint density at radius 1 is 1.41 bits per heavy atom. The molecule has 1 heterocycles. The van der Waals surface area contributed by atoms with Gasteiger partial charge in [-0.1, -0.05) is 40.5 Å². The van der Waals surface area contributed by atoms with Crippen LogP contribution in [0.4, 0.5) is 0 Å². The third-order valence-electron chi connectivity index (χ3n) is 2.45. The number of halogens is 2. The van der Waals surface area contributed by atoms with Crippen LogP contribution in [0.5, 0.6) is 0 Å². The van der Waals surface area contributed by atoms with Gasteiger partial charge in [-0.3, -0.25) is 0 Å². The van der Waals surface area contributed by atoms with E-state index >= 15 is 0 Å². The lowest BCUT2D eigenvalue weighted by Gasteiger charge is -2.17. The van der Waals surface area contributed by atoms with E-state index in [1.807, 2.05) is 12.1 Å². The highest BCUT2D eigenvalue weighted by atomic mass is 79.9. The molecule has 1 nitrogen and oxygen atoms in total. The molecule has 2 aromatic rings.